The van der Waals surface area contributed by atoms with Gasteiger partial charge >= 0.3 is 0 Å². The molecular weight excluding hydrogens is 773 g/mol. The van der Waals surface area contributed by atoms with E-state index in [0.717, 1.165) is 38.4 Å². The molecule has 0 aliphatic heterocycles. The van der Waals surface area contributed by atoms with Crippen molar-refractivity contribution in [1.82, 2.24) is 9.97 Å². The van der Waals surface area contributed by atoms with Crippen molar-refractivity contribution in [2.75, 3.05) is 0 Å². The summed E-state index contributed by atoms with van der Waals surface area (Å²) >= 11 is 0. The van der Waals surface area contributed by atoms with Gasteiger partial charge in [-0.2, -0.15) is 0 Å². The zero-order valence-corrected chi connectivity index (χ0v) is 35.3. The van der Waals surface area contributed by atoms with E-state index in [1.165, 1.54) is 88.1 Å². The number of para-hydroxylation sites is 1. The van der Waals surface area contributed by atoms with E-state index >= 15 is 0 Å². The molecule has 2 nitrogen and oxygen atoms in total. The van der Waals surface area contributed by atoms with Crippen LogP contribution in [-0.4, -0.2) is 9.97 Å². The number of hydrogen-bond acceptors (Lipinski definition) is 2. The third-order valence-electron chi connectivity index (χ3n) is 13.9. The van der Waals surface area contributed by atoms with E-state index in [-0.39, 0.29) is 0 Å². The highest BCUT2D eigenvalue weighted by molar-refractivity contribution is 6.15. The standard InChI is InChI=1S/C62H40N2/c1-39-14-12-22-51-52(36-46-15-13-33-63-61(46)59(39)51)45-32-31-43-34-42(29-30-44(43)35-45)40-25-27-41(28-26-40)60-55-37-54-49-20-8-10-23-56(49)62(47-16-4-2-5-17-47,48-18-6-3-7-19-48)57(54)38-53(55)50-21-9-11-24-58(50)64-60/h2-38H,1H3. The van der Waals surface area contributed by atoms with Gasteiger partial charge in [0.15, 0.2) is 0 Å². The smallest absolute Gasteiger partial charge is 0.0788 e. The average Bonchev–Trinajstić information content (AvgIpc) is 3.65. The second-order valence-electron chi connectivity index (χ2n) is 17.3. The van der Waals surface area contributed by atoms with E-state index in [1.54, 1.807) is 0 Å². The van der Waals surface area contributed by atoms with Gasteiger partial charge in [0.05, 0.1) is 22.1 Å². The van der Waals surface area contributed by atoms with Gasteiger partial charge in [-0.25, -0.2) is 4.98 Å². The molecule has 0 N–H and O–H groups in total. The van der Waals surface area contributed by atoms with Crippen molar-refractivity contribution in [2.24, 2.45) is 0 Å². The Labute approximate surface area is 371 Å². The maximum atomic E-state index is 5.42. The van der Waals surface area contributed by atoms with Crippen LogP contribution in [-0.2, 0) is 5.41 Å². The van der Waals surface area contributed by atoms with E-state index in [9.17, 15) is 0 Å². The molecule has 64 heavy (non-hydrogen) atoms. The first kappa shape index (κ1) is 36.5. The molecule has 0 saturated carbocycles. The average molecular weight is 813 g/mol. The summed E-state index contributed by atoms with van der Waals surface area (Å²) in [6, 6.07) is 80.3. The van der Waals surface area contributed by atoms with Gasteiger partial charge in [0.1, 0.15) is 0 Å². The van der Waals surface area contributed by atoms with Crippen molar-refractivity contribution in [3.63, 3.8) is 0 Å². The minimum atomic E-state index is -0.474. The highest BCUT2D eigenvalue weighted by atomic mass is 14.7. The number of hydrogen-bond donors (Lipinski definition) is 0. The molecule has 0 bridgehead atoms. The maximum Gasteiger partial charge on any atom is 0.0788 e. The predicted octanol–water partition coefficient (Wildman–Crippen LogP) is 15.9. The minimum Gasteiger partial charge on any atom is -0.256 e. The van der Waals surface area contributed by atoms with Gasteiger partial charge in [-0.05, 0) is 132 Å². The van der Waals surface area contributed by atoms with Crippen LogP contribution in [0.3, 0.4) is 0 Å². The van der Waals surface area contributed by atoms with E-state index in [1.807, 2.05) is 12.3 Å². The highest BCUT2D eigenvalue weighted by Crippen LogP contribution is 2.57. The van der Waals surface area contributed by atoms with E-state index in [2.05, 4.69) is 219 Å². The Kier molecular flexibility index (Phi) is 8.07. The molecule has 0 amide bonds. The molecule has 2 aromatic heterocycles. The van der Waals surface area contributed by atoms with Gasteiger partial charge in [-0.1, -0.05) is 176 Å². The Bertz CT molecular complexity index is 3790. The summed E-state index contributed by atoms with van der Waals surface area (Å²) in [6.45, 7) is 2.18. The Morgan fingerprint density at radius 1 is 0.375 bits per heavy atom. The molecule has 1 aliphatic rings. The van der Waals surface area contributed by atoms with Gasteiger partial charge in [-0.15, -0.1) is 0 Å². The van der Waals surface area contributed by atoms with Crippen LogP contribution in [0.5, 0.6) is 0 Å². The van der Waals surface area contributed by atoms with E-state index < -0.39 is 5.41 Å². The quantitative estimate of drug-likeness (QED) is 0.162. The molecule has 0 saturated heterocycles. The van der Waals surface area contributed by atoms with Gasteiger partial charge in [-0.3, -0.25) is 4.98 Å². The first-order valence-electron chi connectivity index (χ1n) is 22.1. The Hall–Kier alpha value is -8.20. The van der Waals surface area contributed by atoms with Crippen LogP contribution in [0, 0.1) is 6.92 Å². The van der Waals surface area contributed by atoms with Crippen molar-refractivity contribution in [2.45, 2.75) is 12.3 Å². The molecule has 0 spiro atoms. The summed E-state index contributed by atoms with van der Waals surface area (Å²) in [5, 5.41) is 9.58. The molecule has 2 heteroatoms. The number of aryl methyl sites for hydroxylation is 1. The zero-order chi connectivity index (χ0) is 42.4. The monoisotopic (exact) mass is 812 g/mol. The van der Waals surface area contributed by atoms with Crippen LogP contribution in [0.4, 0.5) is 0 Å². The maximum absolute atomic E-state index is 5.42. The van der Waals surface area contributed by atoms with Crippen LogP contribution in [0.15, 0.2) is 225 Å². The summed E-state index contributed by atoms with van der Waals surface area (Å²) in [6.07, 6.45) is 1.89. The number of benzene rings is 10. The SMILES string of the molecule is Cc1cccc2c(-c3ccc4cc(-c5ccc(-c6nc7ccccc7c7cc8c(cc67)-c6ccccc6C8(c6ccccc6)c6ccccc6)cc5)ccc4c3)cc3cccnc3c12. The Morgan fingerprint density at radius 2 is 1.03 bits per heavy atom. The van der Waals surface area contributed by atoms with Crippen LogP contribution in [0.2, 0.25) is 0 Å². The van der Waals surface area contributed by atoms with Gasteiger partial charge in [0.2, 0.25) is 0 Å². The molecule has 0 atom stereocenters. The summed E-state index contributed by atoms with van der Waals surface area (Å²) in [4.78, 5) is 10.2. The lowest BCUT2D eigenvalue weighted by atomic mass is 9.67. The number of rotatable bonds is 5. The van der Waals surface area contributed by atoms with Crippen molar-refractivity contribution in [1.29, 1.82) is 0 Å². The third-order valence-corrected chi connectivity index (χ3v) is 13.9. The molecule has 10 aromatic carbocycles. The molecular formula is C62H40N2. The molecule has 1 aliphatic carbocycles. The summed E-state index contributed by atoms with van der Waals surface area (Å²) in [7, 11) is 0. The normalized spacial score (nSPS) is 12.9. The largest absolute Gasteiger partial charge is 0.256 e. The minimum absolute atomic E-state index is 0.474. The Morgan fingerprint density at radius 3 is 1.83 bits per heavy atom. The van der Waals surface area contributed by atoms with Crippen molar-refractivity contribution < 1.29 is 0 Å². The van der Waals surface area contributed by atoms with Gasteiger partial charge < -0.3 is 0 Å². The van der Waals surface area contributed by atoms with Gasteiger partial charge in [0.25, 0.3) is 0 Å². The lowest BCUT2D eigenvalue weighted by Crippen LogP contribution is -2.28. The molecule has 0 radical (unpaired) electrons. The first-order chi connectivity index (χ1) is 31.6. The summed E-state index contributed by atoms with van der Waals surface area (Å²) in [5.74, 6) is 0. The van der Waals surface area contributed by atoms with Crippen molar-refractivity contribution in [3.8, 4) is 44.6 Å². The van der Waals surface area contributed by atoms with E-state index in [4.69, 9.17) is 9.97 Å². The fourth-order valence-corrected chi connectivity index (χ4v) is 10.9. The summed E-state index contributed by atoms with van der Waals surface area (Å²) in [5.41, 5.74) is 17.4. The van der Waals surface area contributed by atoms with Crippen molar-refractivity contribution >= 4 is 54.1 Å². The molecule has 2 heterocycles. The second-order valence-corrected chi connectivity index (χ2v) is 17.3. The molecule has 0 unspecified atom stereocenters. The fourth-order valence-electron chi connectivity index (χ4n) is 10.9. The third kappa shape index (κ3) is 5.39. The lowest BCUT2D eigenvalue weighted by molar-refractivity contribution is 0.769. The summed E-state index contributed by atoms with van der Waals surface area (Å²) < 4.78 is 0. The number of aromatic nitrogens is 2. The van der Waals surface area contributed by atoms with E-state index in [0.29, 0.717) is 0 Å². The lowest BCUT2D eigenvalue weighted by Gasteiger charge is -2.34. The van der Waals surface area contributed by atoms with Crippen LogP contribution in [0.1, 0.15) is 27.8 Å². The van der Waals surface area contributed by atoms with Crippen LogP contribution in [0.25, 0.3) is 98.8 Å². The Balaban J connectivity index is 0.928. The zero-order valence-electron chi connectivity index (χ0n) is 35.3. The molecule has 12 aromatic rings. The number of pyridine rings is 2. The van der Waals surface area contributed by atoms with Crippen LogP contribution < -0.4 is 0 Å². The van der Waals surface area contributed by atoms with Gasteiger partial charge in [0, 0.05) is 33.3 Å². The second kappa shape index (κ2) is 14.2. The van der Waals surface area contributed by atoms with Crippen molar-refractivity contribution in [3.05, 3.63) is 252 Å². The molecule has 13 rings (SSSR count). The molecule has 298 valence electrons. The first-order valence-corrected chi connectivity index (χ1v) is 22.1. The topological polar surface area (TPSA) is 25.8 Å². The number of fused-ring (bicyclic) bond motifs is 10. The highest BCUT2D eigenvalue weighted by Gasteiger charge is 2.46. The number of nitrogens with zero attached hydrogens (tertiary/aromatic N) is 2. The fraction of sp³-hybridized carbons (Fsp3) is 0.0323. The van der Waals surface area contributed by atoms with Crippen LogP contribution >= 0.6 is 0 Å². The predicted molar refractivity (Wildman–Crippen MR) is 268 cm³/mol. The molecule has 0 fully saturated rings.